The number of esters is 2. The fourth-order valence-corrected chi connectivity index (χ4v) is 6.62. The van der Waals surface area contributed by atoms with Crippen LogP contribution < -0.4 is 0 Å². The molecule has 0 radical (unpaired) electrons. The van der Waals surface area contributed by atoms with Gasteiger partial charge in [0, 0.05) is 12.8 Å². The Labute approximate surface area is 371 Å². The predicted octanol–water partition coefficient (Wildman–Crippen LogP) is 10.5. The number of hydrogen-bond acceptors (Lipinski definition) is 11. The van der Waals surface area contributed by atoms with Crippen molar-refractivity contribution in [2.75, 3.05) is 26.4 Å². The fourth-order valence-electron chi connectivity index (χ4n) is 5.46. The number of hydrogen-bond donors (Lipinski definition) is 5. The molecule has 0 fully saturated rings. The largest absolute Gasteiger partial charge is 0.472 e. The highest BCUT2D eigenvalue weighted by atomic mass is 31.2. The molecule has 0 amide bonds. The van der Waals surface area contributed by atoms with Gasteiger partial charge in [-0.05, 0) is 77.0 Å². The lowest BCUT2D eigenvalue weighted by atomic mass is 10.1. The minimum atomic E-state index is -4.89. The first-order chi connectivity index (χ1) is 29.8. The summed E-state index contributed by atoms with van der Waals surface area (Å²) >= 11 is 0. The number of carbonyl (C=O) groups is 2. The van der Waals surface area contributed by atoms with E-state index in [-0.39, 0.29) is 25.7 Å². The molecule has 0 saturated heterocycles. The number of unbranched alkanes of at least 4 members (excludes halogenated alkanes) is 10. The van der Waals surface area contributed by atoms with Gasteiger partial charge in [-0.25, -0.2) is 9.13 Å². The molecule has 2 unspecified atom stereocenters. The number of ether oxygens (including phenoxy) is 2. The zero-order chi connectivity index (χ0) is 46.0. The van der Waals surface area contributed by atoms with Crippen molar-refractivity contribution in [3.05, 3.63) is 85.1 Å². The lowest BCUT2D eigenvalue weighted by Gasteiger charge is -2.20. The molecular formula is C46H78O14P2. The van der Waals surface area contributed by atoms with E-state index in [4.69, 9.17) is 23.8 Å². The second-order valence-electron chi connectivity index (χ2n) is 14.8. The lowest BCUT2D eigenvalue weighted by Crippen LogP contribution is -2.30. The van der Waals surface area contributed by atoms with Crippen LogP contribution in [0.1, 0.15) is 149 Å². The van der Waals surface area contributed by atoms with Crippen LogP contribution in [0.2, 0.25) is 0 Å². The molecule has 0 aromatic rings. The molecule has 0 aliphatic rings. The standard InChI is InChI=1S/C46H78O14P2/c1-3-5-7-9-11-13-15-17-18-19-20-22-24-26-28-30-32-36-45(49)56-40-44(41-59-62(54,55)58-39-43(48)38-57-61(51,52)53)60-46(50)37-33-35-42(47)34-31-29-27-25-23-21-16-14-12-10-8-6-4-2/h6,8,11-14,17-18,21,23,27,29,31,34,42-44,47-48H,3-5,7,9-10,15-16,19-20,22,24-26,28,30,32-33,35-41H2,1-2H3,(H,54,55)(H2,51,52,53)/b8-6-,13-11-,14-12-,18-17-,23-21-,29-27-,34-31+/t42?,43-,44+/m0/s1. The number of aliphatic hydroxyl groups excluding tert-OH is 2. The van der Waals surface area contributed by atoms with Gasteiger partial charge in [0.05, 0.1) is 25.9 Å². The molecule has 0 bridgehead atoms. The van der Waals surface area contributed by atoms with E-state index < -0.39 is 72.3 Å². The highest BCUT2D eigenvalue weighted by Crippen LogP contribution is 2.43. The van der Waals surface area contributed by atoms with Crippen molar-refractivity contribution in [3.8, 4) is 0 Å². The van der Waals surface area contributed by atoms with E-state index in [1.165, 1.54) is 19.3 Å². The first-order valence-electron chi connectivity index (χ1n) is 22.4. The maximum atomic E-state index is 12.7. The summed E-state index contributed by atoms with van der Waals surface area (Å²) in [6.45, 7) is 1.38. The molecule has 0 aromatic carbocycles. The Hall–Kier alpha value is -2.74. The summed E-state index contributed by atoms with van der Waals surface area (Å²) in [5, 5.41) is 20.1. The Kier molecular flexibility index (Phi) is 39.2. The zero-order valence-electron chi connectivity index (χ0n) is 37.3. The van der Waals surface area contributed by atoms with E-state index in [9.17, 15) is 33.8 Å². The molecule has 4 atom stereocenters. The number of phosphoric ester groups is 2. The van der Waals surface area contributed by atoms with Crippen LogP contribution in [-0.4, -0.2) is 81.6 Å². The Morgan fingerprint density at radius 2 is 1.06 bits per heavy atom. The molecule has 0 aliphatic heterocycles. The Bertz CT molecular complexity index is 1430. The van der Waals surface area contributed by atoms with Gasteiger partial charge >= 0.3 is 27.6 Å². The molecule has 356 valence electrons. The van der Waals surface area contributed by atoms with E-state index in [1.807, 2.05) is 12.2 Å². The van der Waals surface area contributed by atoms with Crippen LogP contribution in [0, 0.1) is 0 Å². The normalized spacial score (nSPS) is 15.3. The highest BCUT2D eigenvalue weighted by Gasteiger charge is 2.28. The minimum Gasteiger partial charge on any atom is -0.462 e. The molecule has 0 saturated carbocycles. The number of rotatable bonds is 41. The average molecular weight is 917 g/mol. The third-order valence-electron chi connectivity index (χ3n) is 8.86. The van der Waals surface area contributed by atoms with Gasteiger partial charge in [0.2, 0.25) is 0 Å². The number of allylic oxidation sites excluding steroid dienone is 13. The number of aliphatic hydroxyl groups is 2. The minimum absolute atomic E-state index is 0.105. The van der Waals surface area contributed by atoms with E-state index >= 15 is 0 Å². The van der Waals surface area contributed by atoms with Crippen LogP contribution in [0.5, 0.6) is 0 Å². The number of phosphoric acid groups is 2. The SMILES string of the molecule is CC/C=C\C/C=C\C/C=C\C/C=C\C=C\C(O)CCCC(=O)O[C@H](COC(=O)CCCCCCCCC/C=C\C/C=C\CCCCC)COP(=O)(O)OC[C@@H](O)COP(=O)(O)O. The monoisotopic (exact) mass is 916 g/mol. The van der Waals surface area contributed by atoms with E-state index in [0.717, 1.165) is 83.5 Å². The van der Waals surface area contributed by atoms with Gasteiger partial charge in [-0.2, -0.15) is 0 Å². The molecule has 5 N–H and O–H groups in total. The summed E-state index contributed by atoms with van der Waals surface area (Å²) in [4.78, 5) is 52.8. The summed E-state index contributed by atoms with van der Waals surface area (Å²) < 4.78 is 47.6. The summed E-state index contributed by atoms with van der Waals surface area (Å²) in [7, 11) is -9.76. The van der Waals surface area contributed by atoms with Crippen molar-refractivity contribution in [1.29, 1.82) is 0 Å². The van der Waals surface area contributed by atoms with Crippen LogP contribution in [0.15, 0.2) is 85.1 Å². The van der Waals surface area contributed by atoms with Crippen LogP contribution in [0.4, 0.5) is 0 Å². The van der Waals surface area contributed by atoms with Crippen LogP contribution >= 0.6 is 15.6 Å². The van der Waals surface area contributed by atoms with E-state index in [0.29, 0.717) is 6.42 Å². The molecule has 0 spiro atoms. The maximum Gasteiger partial charge on any atom is 0.472 e. The fraction of sp³-hybridized carbons (Fsp3) is 0.652. The number of carbonyl (C=O) groups excluding carboxylic acids is 2. The van der Waals surface area contributed by atoms with Crippen LogP contribution in [-0.2, 0) is 41.8 Å². The Morgan fingerprint density at radius 3 is 1.68 bits per heavy atom. The van der Waals surface area contributed by atoms with E-state index in [1.54, 1.807) is 12.2 Å². The van der Waals surface area contributed by atoms with Crippen molar-refractivity contribution in [2.24, 2.45) is 0 Å². The quantitative estimate of drug-likeness (QED) is 0.0127. The van der Waals surface area contributed by atoms with Gasteiger partial charge in [0.15, 0.2) is 6.10 Å². The van der Waals surface area contributed by atoms with Gasteiger partial charge in [-0.1, -0.05) is 144 Å². The van der Waals surface area contributed by atoms with Crippen LogP contribution in [0.3, 0.4) is 0 Å². The van der Waals surface area contributed by atoms with Crippen molar-refractivity contribution in [3.63, 3.8) is 0 Å². The van der Waals surface area contributed by atoms with Gasteiger partial charge < -0.3 is 34.4 Å². The van der Waals surface area contributed by atoms with Crippen molar-refractivity contribution in [1.82, 2.24) is 0 Å². The Morgan fingerprint density at radius 1 is 0.548 bits per heavy atom. The second kappa shape index (κ2) is 41.0. The lowest BCUT2D eigenvalue weighted by molar-refractivity contribution is -0.161. The third-order valence-corrected chi connectivity index (χ3v) is 10.3. The predicted molar refractivity (Wildman–Crippen MR) is 245 cm³/mol. The third kappa shape index (κ3) is 43.9. The van der Waals surface area contributed by atoms with Crippen molar-refractivity contribution < 1.29 is 66.7 Å². The first kappa shape index (κ1) is 59.3. The van der Waals surface area contributed by atoms with Crippen molar-refractivity contribution >= 4 is 27.6 Å². The molecule has 62 heavy (non-hydrogen) atoms. The zero-order valence-corrected chi connectivity index (χ0v) is 39.1. The molecule has 16 heteroatoms. The van der Waals surface area contributed by atoms with Crippen LogP contribution in [0.25, 0.3) is 0 Å². The van der Waals surface area contributed by atoms with Gasteiger partial charge in [-0.3, -0.25) is 23.2 Å². The Balaban J connectivity index is 4.72. The summed E-state index contributed by atoms with van der Waals surface area (Å²) in [6.07, 6.45) is 43.1. The summed E-state index contributed by atoms with van der Waals surface area (Å²) in [5.74, 6) is -1.25. The molecular weight excluding hydrogens is 838 g/mol. The molecule has 14 nitrogen and oxygen atoms in total. The smallest absolute Gasteiger partial charge is 0.462 e. The summed E-state index contributed by atoms with van der Waals surface area (Å²) in [6, 6.07) is 0. The first-order valence-corrected chi connectivity index (χ1v) is 25.4. The molecule has 0 heterocycles. The summed E-state index contributed by atoms with van der Waals surface area (Å²) in [5.41, 5.74) is 0. The highest BCUT2D eigenvalue weighted by molar-refractivity contribution is 7.47. The molecule has 0 aliphatic carbocycles. The van der Waals surface area contributed by atoms with Gasteiger partial charge in [0.25, 0.3) is 0 Å². The van der Waals surface area contributed by atoms with Gasteiger partial charge in [0.1, 0.15) is 12.7 Å². The average Bonchev–Trinajstić information content (AvgIpc) is 3.22. The topological polar surface area (TPSA) is 216 Å². The van der Waals surface area contributed by atoms with E-state index in [2.05, 4.69) is 83.7 Å². The second-order valence-corrected chi connectivity index (χ2v) is 17.5. The maximum absolute atomic E-state index is 12.7. The van der Waals surface area contributed by atoms with Gasteiger partial charge in [-0.15, -0.1) is 0 Å². The molecule has 0 aromatic heterocycles. The molecule has 0 rings (SSSR count). The van der Waals surface area contributed by atoms with Crippen molar-refractivity contribution in [2.45, 2.75) is 167 Å².